The standard InChI is InChI=1S/C13H12ClN3O3/c14-9-4-3-8(5-10(9)20-6-7-1-2-7)11-12(13(18)19)16-17-15-11/h3-5,7H,1-2,6H2,(H,18,19)(H,15,16,17). The van der Waals surface area contributed by atoms with Gasteiger partial charge >= 0.3 is 5.97 Å². The number of H-pyrrole nitrogens is 1. The molecule has 1 aliphatic rings. The van der Waals surface area contributed by atoms with E-state index in [-0.39, 0.29) is 11.4 Å². The molecule has 1 fully saturated rings. The van der Waals surface area contributed by atoms with Gasteiger partial charge in [-0.3, -0.25) is 0 Å². The quantitative estimate of drug-likeness (QED) is 0.884. The second kappa shape index (κ2) is 5.13. The summed E-state index contributed by atoms with van der Waals surface area (Å²) in [6.07, 6.45) is 2.37. The van der Waals surface area contributed by atoms with E-state index in [1.54, 1.807) is 18.2 Å². The lowest BCUT2D eigenvalue weighted by atomic mass is 10.1. The fraction of sp³-hybridized carbons (Fsp3) is 0.308. The van der Waals surface area contributed by atoms with Crippen LogP contribution in [0.15, 0.2) is 18.2 Å². The second-order valence-electron chi connectivity index (χ2n) is 4.73. The number of nitrogens with one attached hydrogen (secondary N) is 1. The van der Waals surface area contributed by atoms with Crippen molar-refractivity contribution < 1.29 is 14.6 Å². The zero-order valence-electron chi connectivity index (χ0n) is 10.5. The lowest BCUT2D eigenvalue weighted by Gasteiger charge is -2.08. The summed E-state index contributed by atoms with van der Waals surface area (Å²) in [4.78, 5) is 11.1. The van der Waals surface area contributed by atoms with E-state index >= 15 is 0 Å². The number of aromatic nitrogens is 3. The van der Waals surface area contributed by atoms with Gasteiger partial charge in [0.15, 0.2) is 5.69 Å². The van der Waals surface area contributed by atoms with E-state index in [1.165, 1.54) is 12.8 Å². The molecule has 1 heterocycles. The normalized spacial score (nSPS) is 14.2. The minimum absolute atomic E-state index is 0.125. The Bertz CT molecular complexity index is 652. The van der Waals surface area contributed by atoms with Crippen molar-refractivity contribution in [1.82, 2.24) is 15.4 Å². The number of carbonyl (C=O) groups is 1. The summed E-state index contributed by atoms with van der Waals surface area (Å²) >= 11 is 6.08. The van der Waals surface area contributed by atoms with Crippen LogP contribution >= 0.6 is 11.6 Å². The number of hydrogen-bond donors (Lipinski definition) is 2. The molecule has 0 bridgehead atoms. The molecule has 1 saturated carbocycles. The number of benzene rings is 1. The molecule has 0 spiro atoms. The lowest BCUT2D eigenvalue weighted by Crippen LogP contribution is -2.01. The van der Waals surface area contributed by atoms with E-state index in [9.17, 15) is 4.79 Å². The van der Waals surface area contributed by atoms with Gasteiger partial charge in [0.25, 0.3) is 0 Å². The predicted octanol–water partition coefficient (Wildman–Crippen LogP) is 2.61. The lowest BCUT2D eigenvalue weighted by molar-refractivity contribution is 0.0691. The van der Waals surface area contributed by atoms with Crippen molar-refractivity contribution in [3.63, 3.8) is 0 Å². The highest BCUT2D eigenvalue weighted by atomic mass is 35.5. The maximum Gasteiger partial charge on any atom is 0.358 e. The van der Waals surface area contributed by atoms with E-state index in [0.717, 1.165) is 0 Å². The van der Waals surface area contributed by atoms with Crippen LogP contribution in [0, 0.1) is 5.92 Å². The molecule has 3 rings (SSSR count). The molecule has 0 saturated heterocycles. The van der Waals surface area contributed by atoms with Gasteiger partial charge in [-0.1, -0.05) is 17.7 Å². The zero-order valence-corrected chi connectivity index (χ0v) is 11.2. The van der Waals surface area contributed by atoms with Crippen molar-refractivity contribution in [3.8, 4) is 17.0 Å². The molecular weight excluding hydrogens is 282 g/mol. The number of nitrogens with zero attached hydrogens (tertiary/aromatic N) is 2. The Balaban J connectivity index is 1.90. The van der Waals surface area contributed by atoms with Crippen LogP contribution in [-0.2, 0) is 0 Å². The Morgan fingerprint density at radius 2 is 2.25 bits per heavy atom. The molecule has 0 atom stereocenters. The van der Waals surface area contributed by atoms with Gasteiger partial charge in [-0.05, 0) is 30.9 Å². The van der Waals surface area contributed by atoms with Crippen LogP contribution in [0.25, 0.3) is 11.3 Å². The van der Waals surface area contributed by atoms with Crippen molar-refractivity contribution in [3.05, 3.63) is 28.9 Å². The van der Waals surface area contributed by atoms with Crippen molar-refractivity contribution in [1.29, 1.82) is 0 Å². The monoisotopic (exact) mass is 293 g/mol. The molecule has 0 aliphatic heterocycles. The van der Waals surface area contributed by atoms with Gasteiger partial charge < -0.3 is 9.84 Å². The van der Waals surface area contributed by atoms with Crippen LogP contribution in [0.1, 0.15) is 23.3 Å². The summed E-state index contributed by atoms with van der Waals surface area (Å²) in [5.41, 5.74) is 0.747. The van der Waals surface area contributed by atoms with Gasteiger partial charge in [0, 0.05) is 5.56 Å². The molecule has 7 heteroatoms. The average Bonchev–Trinajstić information content (AvgIpc) is 3.11. The molecule has 104 valence electrons. The largest absolute Gasteiger partial charge is 0.492 e. The molecular formula is C13H12ClN3O3. The molecule has 1 aliphatic carbocycles. The molecule has 1 aromatic carbocycles. The summed E-state index contributed by atoms with van der Waals surface area (Å²) in [5, 5.41) is 19.3. The van der Waals surface area contributed by atoms with Crippen molar-refractivity contribution in [2.75, 3.05) is 6.61 Å². The molecule has 2 N–H and O–H groups in total. The van der Waals surface area contributed by atoms with Crippen LogP contribution in [0.4, 0.5) is 0 Å². The number of halogens is 1. The van der Waals surface area contributed by atoms with Gasteiger partial charge in [-0.25, -0.2) is 4.79 Å². The topological polar surface area (TPSA) is 88.1 Å². The van der Waals surface area contributed by atoms with E-state index in [2.05, 4.69) is 15.4 Å². The number of carboxylic acids is 1. The molecule has 0 radical (unpaired) electrons. The van der Waals surface area contributed by atoms with Crippen LogP contribution in [0.5, 0.6) is 5.75 Å². The molecule has 0 unspecified atom stereocenters. The van der Waals surface area contributed by atoms with Crippen molar-refractivity contribution >= 4 is 17.6 Å². The van der Waals surface area contributed by atoms with E-state index < -0.39 is 5.97 Å². The van der Waals surface area contributed by atoms with Gasteiger partial charge in [-0.2, -0.15) is 10.3 Å². The average molecular weight is 294 g/mol. The van der Waals surface area contributed by atoms with Crippen LogP contribution < -0.4 is 4.74 Å². The highest BCUT2D eigenvalue weighted by molar-refractivity contribution is 6.32. The first-order chi connectivity index (χ1) is 9.65. The summed E-state index contributed by atoms with van der Waals surface area (Å²) in [6.45, 7) is 0.633. The minimum atomic E-state index is -1.14. The van der Waals surface area contributed by atoms with Crippen molar-refractivity contribution in [2.45, 2.75) is 12.8 Å². The first-order valence-electron chi connectivity index (χ1n) is 6.22. The number of aromatic carboxylic acids is 1. The van der Waals surface area contributed by atoms with E-state index in [1.807, 2.05) is 0 Å². The van der Waals surface area contributed by atoms with Gasteiger partial charge in [-0.15, -0.1) is 5.10 Å². The second-order valence-corrected chi connectivity index (χ2v) is 5.13. The molecule has 1 aromatic heterocycles. The Hall–Kier alpha value is -2.08. The van der Waals surface area contributed by atoms with Crippen LogP contribution in [-0.4, -0.2) is 33.1 Å². The van der Waals surface area contributed by atoms with Gasteiger partial charge in [0.05, 0.1) is 11.6 Å². The van der Waals surface area contributed by atoms with Crippen LogP contribution in [0.3, 0.4) is 0 Å². The number of ether oxygens (including phenoxy) is 1. The summed E-state index contributed by atoms with van der Waals surface area (Å²) in [6, 6.07) is 5.05. The predicted molar refractivity (Wildman–Crippen MR) is 72.0 cm³/mol. The number of hydrogen-bond acceptors (Lipinski definition) is 4. The van der Waals surface area contributed by atoms with Crippen LogP contribution in [0.2, 0.25) is 5.02 Å². The Morgan fingerprint density at radius 1 is 1.45 bits per heavy atom. The highest BCUT2D eigenvalue weighted by Gasteiger charge is 2.23. The van der Waals surface area contributed by atoms with Gasteiger partial charge in [0.2, 0.25) is 0 Å². The minimum Gasteiger partial charge on any atom is -0.492 e. The third-order valence-electron chi connectivity index (χ3n) is 3.13. The molecule has 6 nitrogen and oxygen atoms in total. The Kier molecular flexibility index (Phi) is 3.31. The maximum absolute atomic E-state index is 11.1. The smallest absolute Gasteiger partial charge is 0.358 e. The number of carboxylic acid groups (broad SMARTS) is 1. The van der Waals surface area contributed by atoms with E-state index in [0.29, 0.717) is 28.9 Å². The first-order valence-corrected chi connectivity index (χ1v) is 6.59. The third kappa shape index (κ3) is 2.60. The molecule has 20 heavy (non-hydrogen) atoms. The maximum atomic E-state index is 11.1. The Labute approximate surface area is 119 Å². The summed E-state index contributed by atoms with van der Waals surface area (Å²) in [5.74, 6) is 0.0101. The number of rotatable bonds is 5. The fourth-order valence-corrected chi connectivity index (χ4v) is 2.01. The van der Waals surface area contributed by atoms with Crippen molar-refractivity contribution in [2.24, 2.45) is 5.92 Å². The molecule has 0 amide bonds. The molecule has 2 aromatic rings. The first kappa shape index (κ1) is 12.9. The number of aromatic amines is 1. The summed E-state index contributed by atoms with van der Waals surface area (Å²) < 4.78 is 5.66. The third-order valence-corrected chi connectivity index (χ3v) is 3.44. The Morgan fingerprint density at radius 3 is 2.95 bits per heavy atom. The summed E-state index contributed by atoms with van der Waals surface area (Å²) in [7, 11) is 0. The van der Waals surface area contributed by atoms with E-state index in [4.69, 9.17) is 21.4 Å². The zero-order chi connectivity index (χ0) is 14.1. The highest BCUT2D eigenvalue weighted by Crippen LogP contribution is 2.34. The fourth-order valence-electron chi connectivity index (χ4n) is 1.83. The van der Waals surface area contributed by atoms with Gasteiger partial charge in [0.1, 0.15) is 11.4 Å². The SMILES string of the molecule is O=C(O)c1n[nH]nc1-c1ccc(Cl)c(OCC2CC2)c1.